The zero-order chi connectivity index (χ0) is 17.1. The number of aromatic nitrogens is 1. The molecule has 1 fully saturated rings. The van der Waals surface area contributed by atoms with E-state index in [1.165, 1.54) is 0 Å². The summed E-state index contributed by atoms with van der Waals surface area (Å²) >= 11 is 0. The number of fused-ring (bicyclic) bond motifs is 1. The van der Waals surface area contributed by atoms with Crippen LogP contribution in [0.2, 0.25) is 0 Å². The molecule has 1 saturated heterocycles. The Balaban J connectivity index is 1.48. The van der Waals surface area contributed by atoms with Crippen LogP contribution in [0.4, 0.5) is 10.5 Å². The van der Waals surface area contributed by atoms with Crippen molar-refractivity contribution in [3.8, 4) is 0 Å². The number of anilines is 1. The molecule has 1 aromatic carbocycles. The van der Waals surface area contributed by atoms with Crippen molar-refractivity contribution in [1.82, 2.24) is 9.88 Å². The molecule has 130 valence electrons. The Morgan fingerprint density at radius 3 is 3.08 bits per heavy atom. The van der Waals surface area contributed by atoms with Gasteiger partial charge >= 0.3 is 6.03 Å². The molecule has 0 radical (unpaired) electrons. The van der Waals surface area contributed by atoms with Crippen molar-refractivity contribution in [2.75, 3.05) is 18.5 Å². The number of amides is 2. The second-order valence-corrected chi connectivity index (χ2v) is 6.30. The van der Waals surface area contributed by atoms with Crippen LogP contribution in [0.1, 0.15) is 18.6 Å². The number of nitrogens with one attached hydrogen (secondary N) is 2. The fourth-order valence-electron chi connectivity index (χ4n) is 3.18. The Morgan fingerprint density at radius 2 is 2.28 bits per heavy atom. The minimum atomic E-state index is -0.151. The summed E-state index contributed by atoms with van der Waals surface area (Å²) in [6.07, 6.45) is 5.63. The molecule has 3 heterocycles. The second kappa shape index (κ2) is 7.03. The predicted molar refractivity (Wildman–Crippen MR) is 95.4 cm³/mol. The fraction of sp³-hybridized carbons (Fsp3) is 0.316. The van der Waals surface area contributed by atoms with Gasteiger partial charge in [-0.3, -0.25) is 0 Å². The average Bonchev–Trinajstić information content (AvgIpc) is 3.36. The van der Waals surface area contributed by atoms with Gasteiger partial charge in [0.1, 0.15) is 5.76 Å². The Kier molecular flexibility index (Phi) is 4.43. The van der Waals surface area contributed by atoms with Gasteiger partial charge in [-0.15, -0.1) is 0 Å². The summed E-state index contributed by atoms with van der Waals surface area (Å²) in [5.41, 5.74) is 1.82. The number of furan rings is 1. The lowest BCUT2D eigenvalue weighted by molar-refractivity contribution is 0.0803. The van der Waals surface area contributed by atoms with E-state index in [1.54, 1.807) is 11.2 Å². The van der Waals surface area contributed by atoms with Crippen LogP contribution in [0.5, 0.6) is 0 Å². The number of hydrogen-bond acceptors (Lipinski definition) is 3. The van der Waals surface area contributed by atoms with E-state index in [0.717, 1.165) is 41.8 Å². The quantitative estimate of drug-likeness (QED) is 0.739. The van der Waals surface area contributed by atoms with Crippen LogP contribution >= 0.6 is 0 Å². The van der Waals surface area contributed by atoms with Crippen LogP contribution in [0.25, 0.3) is 10.9 Å². The third-order valence-corrected chi connectivity index (χ3v) is 4.47. The first-order chi connectivity index (χ1) is 12.3. The Labute approximate surface area is 145 Å². The van der Waals surface area contributed by atoms with Crippen LogP contribution < -0.4 is 5.32 Å². The monoisotopic (exact) mass is 339 g/mol. The topological polar surface area (TPSA) is 70.5 Å². The molecule has 0 aliphatic carbocycles. The normalized spacial score (nSPS) is 17.0. The van der Waals surface area contributed by atoms with E-state index in [2.05, 4.69) is 10.3 Å². The summed E-state index contributed by atoms with van der Waals surface area (Å²) in [6, 6.07) is 11.4. The molecule has 3 aromatic rings. The summed E-state index contributed by atoms with van der Waals surface area (Å²) in [4.78, 5) is 17.7. The van der Waals surface area contributed by atoms with Gasteiger partial charge in [-0.1, -0.05) is 0 Å². The van der Waals surface area contributed by atoms with Crippen LogP contribution in [0.3, 0.4) is 0 Å². The Bertz CT molecular complexity index is 835. The molecule has 1 unspecified atom stereocenters. The molecule has 4 rings (SSSR count). The summed E-state index contributed by atoms with van der Waals surface area (Å²) < 4.78 is 11.1. The molecule has 25 heavy (non-hydrogen) atoms. The largest absolute Gasteiger partial charge is 0.467 e. The molecule has 6 nitrogen and oxygen atoms in total. The molecular weight excluding hydrogens is 318 g/mol. The highest BCUT2D eigenvalue weighted by atomic mass is 16.5. The number of hydrogen-bond donors (Lipinski definition) is 2. The summed E-state index contributed by atoms with van der Waals surface area (Å²) in [6.45, 7) is 1.75. The van der Waals surface area contributed by atoms with Crippen LogP contribution in [0.15, 0.2) is 53.3 Å². The first kappa shape index (κ1) is 15.8. The fourth-order valence-corrected chi connectivity index (χ4v) is 3.18. The molecule has 1 aliphatic rings. The van der Waals surface area contributed by atoms with Gasteiger partial charge in [0.05, 0.1) is 18.9 Å². The Hall–Kier alpha value is -2.73. The van der Waals surface area contributed by atoms with Gasteiger partial charge in [0.2, 0.25) is 0 Å². The maximum atomic E-state index is 12.8. The Morgan fingerprint density at radius 1 is 1.32 bits per heavy atom. The van der Waals surface area contributed by atoms with Crippen molar-refractivity contribution in [3.05, 3.63) is 54.6 Å². The van der Waals surface area contributed by atoms with E-state index in [9.17, 15) is 4.79 Å². The molecule has 0 spiro atoms. The smallest absolute Gasteiger partial charge is 0.322 e. The molecule has 2 amide bonds. The van der Waals surface area contributed by atoms with E-state index in [0.29, 0.717) is 13.1 Å². The highest BCUT2D eigenvalue weighted by Gasteiger charge is 2.23. The van der Waals surface area contributed by atoms with Gasteiger partial charge in [0.15, 0.2) is 0 Å². The molecule has 0 bridgehead atoms. The van der Waals surface area contributed by atoms with E-state index >= 15 is 0 Å². The highest BCUT2D eigenvalue weighted by molar-refractivity contribution is 5.92. The zero-order valence-corrected chi connectivity index (χ0v) is 13.9. The van der Waals surface area contributed by atoms with Crippen LogP contribution in [-0.2, 0) is 11.3 Å². The third kappa shape index (κ3) is 3.69. The number of benzene rings is 1. The number of carbonyl (C=O) groups is 1. The summed E-state index contributed by atoms with van der Waals surface area (Å²) in [5, 5.41) is 4.05. The van der Waals surface area contributed by atoms with Gasteiger partial charge in [0.25, 0.3) is 0 Å². The van der Waals surface area contributed by atoms with Crippen molar-refractivity contribution in [2.24, 2.45) is 0 Å². The molecule has 0 saturated carbocycles. The van der Waals surface area contributed by atoms with E-state index < -0.39 is 0 Å². The number of H-pyrrole nitrogens is 1. The third-order valence-electron chi connectivity index (χ3n) is 4.47. The lowest BCUT2D eigenvalue weighted by Gasteiger charge is -2.25. The minimum absolute atomic E-state index is 0.0906. The van der Waals surface area contributed by atoms with Gasteiger partial charge < -0.3 is 24.4 Å². The summed E-state index contributed by atoms with van der Waals surface area (Å²) in [5.74, 6) is 0.759. The van der Waals surface area contributed by atoms with Crippen molar-refractivity contribution in [3.63, 3.8) is 0 Å². The van der Waals surface area contributed by atoms with E-state index in [-0.39, 0.29) is 12.1 Å². The number of urea groups is 1. The number of carbonyl (C=O) groups excluding carboxylic acids is 1. The van der Waals surface area contributed by atoms with E-state index in [1.807, 2.05) is 42.6 Å². The maximum Gasteiger partial charge on any atom is 0.322 e. The van der Waals surface area contributed by atoms with Gasteiger partial charge in [-0.25, -0.2) is 4.79 Å². The lowest BCUT2D eigenvalue weighted by atomic mass is 10.2. The number of rotatable bonds is 5. The molecule has 2 aromatic heterocycles. The SMILES string of the molecule is O=C(Nc1ccc2[nH]ccc2c1)N(Cc1ccco1)CC1CCCO1. The standard InChI is InChI=1S/C19H21N3O3/c23-19(21-15-5-6-18-14(11-15)7-8-20-18)22(12-16-3-1-9-24-16)13-17-4-2-10-25-17/h1,3,5-9,11,17,20H,2,4,10,12-13H2,(H,21,23). The first-order valence-electron chi connectivity index (χ1n) is 8.55. The second-order valence-electron chi connectivity index (χ2n) is 6.30. The van der Waals surface area contributed by atoms with Crippen LogP contribution in [0, 0.1) is 0 Å². The van der Waals surface area contributed by atoms with Gasteiger partial charge in [0, 0.05) is 35.9 Å². The van der Waals surface area contributed by atoms with Crippen molar-refractivity contribution in [2.45, 2.75) is 25.5 Å². The van der Waals surface area contributed by atoms with Crippen molar-refractivity contribution in [1.29, 1.82) is 0 Å². The van der Waals surface area contributed by atoms with Crippen LogP contribution in [-0.4, -0.2) is 35.2 Å². The highest BCUT2D eigenvalue weighted by Crippen LogP contribution is 2.20. The average molecular weight is 339 g/mol. The molecule has 6 heteroatoms. The van der Waals surface area contributed by atoms with E-state index in [4.69, 9.17) is 9.15 Å². The molecule has 1 aliphatic heterocycles. The number of nitrogens with zero attached hydrogens (tertiary/aromatic N) is 1. The first-order valence-corrected chi connectivity index (χ1v) is 8.55. The summed E-state index contributed by atoms with van der Waals surface area (Å²) in [7, 11) is 0. The number of aromatic amines is 1. The zero-order valence-electron chi connectivity index (χ0n) is 13.9. The minimum Gasteiger partial charge on any atom is -0.467 e. The number of ether oxygens (including phenoxy) is 1. The lowest BCUT2D eigenvalue weighted by Crippen LogP contribution is -2.39. The molecule has 2 N–H and O–H groups in total. The van der Waals surface area contributed by atoms with Crippen molar-refractivity contribution < 1.29 is 13.9 Å². The maximum absolute atomic E-state index is 12.8. The van der Waals surface area contributed by atoms with Crippen molar-refractivity contribution >= 4 is 22.6 Å². The predicted octanol–water partition coefficient (Wildman–Crippen LogP) is 3.97. The molecular formula is C19H21N3O3. The van der Waals surface area contributed by atoms with Gasteiger partial charge in [-0.05, 0) is 49.2 Å². The van der Waals surface area contributed by atoms with Gasteiger partial charge in [-0.2, -0.15) is 0 Å². The molecule has 1 atom stereocenters.